The highest BCUT2D eigenvalue weighted by Gasteiger charge is 2.12. The van der Waals surface area contributed by atoms with E-state index in [1.54, 1.807) is 4.68 Å². The number of nitrogens with zero attached hydrogens (tertiary/aromatic N) is 5. The van der Waals surface area contributed by atoms with Crippen LogP contribution in [0.25, 0.3) is 0 Å². The third kappa shape index (κ3) is 1.79. The van der Waals surface area contributed by atoms with Crippen LogP contribution in [0.5, 0.6) is 0 Å². The molecule has 7 heteroatoms. The molecule has 2 aromatic heterocycles. The summed E-state index contributed by atoms with van der Waals surface area (Å²) in [5.74, 6) is -0.311. The fraction of sp³-hybridized carbons (Fsp3) is 0.333. The molecule has 7 nitrogen and oxygen atoms in total. The average molecular weight is 221 g/mol. The summed E-state index contributed by atoms with van der Waals surface area (Å²) < 4.78 is 3.09. The largest absolute Gasteiger partial charge is 0.477 e. The van der Waals surface area contributed by atoms with Gasteiger partial charge in [0.2, 0.25) is 0 Å². The molecule has 84 valence electrons. The summed E-state index contributed by atoms with van der Waals surface area (Å²) in [6, 6.07) is 1.45. The van der Waals surface area contributed by atoms with Crippen molar-refractivity contribution >= 4 is 5.97 Å². The van der Waals surface area contributed by atoms with Gasteiger partial charge >= 0.3 is 5.97 Å². The Kier molecular flexibility index (Phi) is 2.67. The number of aryl methyl sites for hydroxylation is 1. The molecule has 0 bridgehead atoms. The van der Waals surface area contributed by atoms with Crippen molar-refractivity contribution in [2.45, 2.75) is 20.0 Å². The predicted molar refractivity (Wildman–Crippen MR) is 54.0 cm³/mol. The Labute approximate surface area is 91.3 Å². The Balaban J connectivity index is 2.27. The van der Waals surface area contributed by atoms with Crippen molar-refractivity contribution in [1.29, 1.82) is 0 Å². The topological polar surface area (TPSA) is 85.8 Å². The van der Waals surface area contributed by atoms with E-state index in [1.807, 2.05) is 6.92 Å². The molecule has 0 aliphatic carbocycles. The second-order valence-corrected chi connectivity index (χ2v) is 3.17. The fourth-order valence-electron chi connectivity index (χ4n) is 1.45. The Hall–Kier alpha value is -2.18. The third-order valence-corrected chi connectivity index (χ3v) is 2.22. The predicted octanol–water partition coefficient (Wildman–Crippen LogP) is 0.241. The van der Waals surface area contributed by atoms with Crippen molar-refractivity contribution in [3.8, 4) is 0 Å². The second-order valence-electron chi connectivity index (χ2n) is 3.17. The van der Waals surface area contributed by atoms with Gasteiger partial charge in [-0.15, -0.1) is 0 Å². The lowest BCUT2D eigenvalue weighted by Crippen LogP contribution is -2.14. The SMILES string of the molecule is CCn1ncnc1Cn1nccc1C(=O)O. The molecule has 2 rings (SSSR count). The molecule has 0 aliphatic rings. The van der Waals surface area contributed by atoms with Crippen molar-refractivity contribution in [2.24, 2.45) is 0 Å². The van der Waals surface area contributed by atoms with Gasteiger partial charge in [0.25, 0.3) is 0 Å². The standard InChI is InChI=1S/C9H11N5O2/c1-2-13-8(10-6-12-13)5-14-7(9(15)16)3-4-11-14/h3-4,6H,2,5H2,1H3,(H,15,16). The molecule has 0 saturated heterocycles. The van der Waals surface area contributed by atoms with Crippen LogP contribution in [0.2, 0.25) is 0 Å². The van der Waals surface area contributed by atoms with E-state index >= 15 is 0 Å². The molecule has 0 spiro atoms. The summed E-state index contributed by atoms with van der Waals surface area (Å²) in [7, 11) is 0. The van der Waals surface area contributed by atoms with E-state index < -0.39 is 5.97 Å². The van der Waals surface area contributed by atoms with Gasteiger partial charge in [-0.1, -0.05) is 0 Å². The molecule has 0 radical (unpaired) electrons. The Morgan fingerprint density at radius 3 is 2.94 bits per heavy atom. The van der Waals surface area contributed by atoms with Crippen LogP contribution >= 0.6 is 0 Å². The zero-order valence-corrected chi connectivity index (χ0v) is 8.74. The number of carboxylic acid groups (broad SMARTS) is 1. The van der Waals surface area contributed by atoms with Gasteiger partial charge in [-0.3, -0.25) is 4.68 Å². The number of rotatable bonds is 4. The summed E-state index contributed by atoms with van der Waals surface area (Å²) >= 11 is 0. The first kappa shape index (κ1) is 10.3. The second kappa shape index (κ2) is 4.13. The minimum Gasteiger partial charge on any atom is -0.477 e. The molecule has 0 unspecified atom stereocenters. The van der Waals surface area contributed by atoms with Crippen LogP contribution in [-0.4, -0.2) is 35.6 Å². The zero-order valence-electron chi connectivity index (χ0n) is 8.74. The fourth-order valence-corrected chi connectivity index (χ4v) is 1.45. The summed E-state index contributed by atoms with van der Waals surface area (Å²) in [4.78, 5) is 14.9. The highest BCUT2D eigenvalue weighted by Crippen LogP contribution is 2.03. The van der Waals surface area contributed by atoms with Gasteiger partial charge < -0.3 is 5.11 Å². The molecular formula is C9H11N5O2. The Morgan fingerprint density at radius 1 is 1.44 bits per heavy atom. The minimum atomic E-state index is -1.000. The van der Waals surface area contributed by atoms with Crippen molar-refractivity contribution in [3.05, 3.63) is 30.1 Å². The van der Waals surface area contributed by atoms with Crippen molar-refractivity contribution in [1.82, 2.24) is 24.5 Å². The van der Waals surface area contributed by atoms with Gasteiger partial charge in [-0.05, 0) is 13.0 Å². The van der Waals surface area contributed by atoms with Gasteiger partial charge in [0.1, 0.15) is 24.4 Å². The molecule has 1 N–H and O–H groups in total. The Bertz CT molecular complexity index is 501. The summed E-state index contributed by atoms with van der Waals surface area (Å²) in [5, 5.41) is 16.9. The average Bonchev–Trinajstić information content (AvgIpc) is 2.86. The molecule has 0 saturated carbocycles. The van der Waals surface area contributed by atoms with Crippen LogP contribution in [-0.2, 0) is 13.1 Å². The van der Waals surface area contributed by atoms with E-state index in [-0.39, 0.29) is 5.69 Å². The van der Waals surface area contributed by atoms with E-state index in [0.29, 0.717) is 18.9 Å². The first-order valence-electron chi connectivity index (χ1n) is 4.84. The Morgan fingerprint density at radius 2 is 2.25 bits per heavy atom. The maximum absolute atomic E-state index is 10.9. The maximum atomic E-state index is 10.9. The number of hydrogen-bond acceptors (Lipinski definition) is 4. The van der Waals surface area contributed by atoms with E-state index in [4.69, 9.17) is 5.11 Å². The molecule has 0 aliphatic heterocycles. The highest BCUT2D eigenvalue weighted by molar-refractivity contribution is 5.85. The summed E-state index contributed by atoms with van der Waals surface area (Å²) in [5.41, 5.74) is 0.144. The molecule has 0 atom stereocenters. The van der Waals surface area contributed by atoms with Gasteiger partial charge in [-0.25, -0.2) is 14.5 Å². The smallest absolute Gasteiger partial charge is 0.354 e. The molecule has 0 amide bonds. The molecule has 0 fully saturated rings. The first-order chi connectivity index (χ1) is 7.72. The molecule has 16 heavy (non-hydrogen) atoms. The highest BCUT2D eigenvalue weighted by atomic mass is 16.4. The minimum absolute atomic E-state index is 0.144. The molecule has 2 aromatic rings. The van der Waals surface area contributed by atoms with E-state index in [9.17, 15) is 4.79 Å². The number of carbonyl (C=O) groups is 1. The van der Waals surface area contributed by atoms with Gasteiger partial charge in [0, 0.05) is 12.7 Å². The zero-order chi connectivity index (χ0) is 11.5. The lowest BCUT2D eigenvalue weighted by Gasteiger charge is -2.04. The van der Waals surface area contributed by atoms with Crippen LogP contribution < -0.4 is 0 Å². The lowest BCUT2D eigenvalue weighted by molar-refractivity contribution is 0.0683. The van der Waals surface area contributed by atoms with Crippen molar-refractivity contribution in [3.63, 3.8) is 0 Å². The monoisotopic (exact) mass is 221 g/mol. The van der Waals surface area contributed by atoms with E-state index in [1.165, 1.54) is 23.3 Å². The van der Waals surface area contributed by atoms with Crippen molar-refractivity contribution in [2.75, 3.05) is 0 Å². The number of carboxylic acids is 1. The number of aromatic carboxylic acids is 1. The normalized spacial score (nSPS) is 10.6. The van der Waals surface area contributed by atoms with Crippen LogP contribution in [0.3, 0.4) is 0 Å². The first-order valence-corrected chi connectivity index (χ1v) is 4.84. The quantitative estimate of drug-likeness (QED) is 0.799. The molecule has 2 heterocycles. The van der Waals surface area contributed by atoms with Crippen LogP contribution in [0, 0.1) is 0 Å². The van der Waals surface area contributed by atoms with Crippen LogP contribution in [0.1, 0.15) is 23.2 Å². The van der Waals surface area contributed by atoms with Gasteiger partial charge in [0.05, 0.1) is 0 Å². The third-order valence-electron chi connectivity index (χ3n) is 2.22. The molecular weight excluding hydrogens is 210 g/mol. The molecule has 0 aromatic carbocycles. The van der Waals surface area contributed by atoms with E-state index in [0.717, 1.165) is 0 Å². The van der Waals surface area contributed by atoms with Gasteiger partial charge in [-0.2, -0.15) is 10.2 Å². The van der Waals surface area contributed by atoms with Crippen LogP contribution in [0.15, 0.2) is 18.6 Å². The maximum Gasteiger partial charge on any atom is 0.354 e. The van der Waals surface area contributed by atoms with Gasteiger partial charge in [0.15, 0.2) is 0 Å². The number of aromatic nitrogens is 5. The summed E-state index contributed by atoms with van der Waals surface area (Å²) in [6.45, 7) is 2.95. The van der Waals surface area contributed by atoms with E-state index in [2.05, 4.69) is 15.2 Å². The van der Waals surface area contributed by atoms with Crippen molar-refractivity contribution < 1.29 is 9.90 Å². The lowest BCUT2D eigenvalue weighted by atomic mass is 10.4. The number of hydrogen-bond donors (Lipinski definition) is 1. The van der Waals surface area contributed by atoms with Crippen LogP contribution in [0.4, 0.5) is 0 Å². The summed E-state index contributed by atoms with van der Waals surface area (Å²) in [6.07, 6.45) is 2.90.